The molecule has 0 aliphatic heterocycles. The van der Waals surface area contributed by atoms with E-state index < -0.39 is 6.04 Å². The zero-order chi connectivity index (χ0) is 12.4. The third-order valence-electron chi connectivity index (χ3n) is 2.95. The Kier molecular flexibility index (Phi) is 3.28. The fraction of sp³-hybridized carbons (Fsp3) is 0.500. The van der Waals surface area contributed by atoms with Crippen molar-refractivity contribution in [3.05, 3.63) is 30.6 Å². The molecular formula is C12H18N4O. The lowest BCUT2D eigenvalue weighted by atomic mass is 10.1. The Labute approximate surface area is 101 Å². The Morgan fingerprint density at radius 1 is 1.82 bits per heavy atom. The lowest BCUT2D eigenvalue weighted by Gasteiger charge is -2.23. The second-order valence-electron chi connectivity index (χ2n) is 4.44. The number of carbonyl (C=O) groups is 1. The van der Waals surface area contributed by atoms with E-state index in [1.54, 1.807) is 23.2 Å². The van der Waals surface area contributed by atoms with Gasteiger partial charge in [-0.15, -0.1) is 6.58 Å². The quantitative estimate of drug-likeness (QED) is 0.759. The summed E-state index contributed by atoms with van der Waals surface area (Å²) in [6.07, 6.45) is 7.30. The van der Waals surface area contributed by atoms with Gasteiger partial charge in [-0.3, -0.25) is 9.48 Å². The monoisotopic (exact) mass is 234 g/mol. The van der Waals surface area contributed by atoms with Crippen molar-refractivity contribution < 1.29 is 4.79 Å². The standard InChI is InChI=1S/C12H18N4O/c1-3-6-16(10-4-5-10)12(17)11(13)9-7-14-15(2)8-9/h3,7-8,10-11H,1,4-6,13H2,2H3. The lowest BCUT2D eigenvalue weighted by molar-refractivity contribution is -0.132. The second kappa shape index (κ2) is 4.71. The van der Waals surface area contributed by atoms with Gasteiger partial charge in [0.25, 0.3) is 0 Å². The van der Waals surface area contributed by atoms with Crippen LogP contribution in [0, 0.1) is 0 Å². The first kappa shape index (κ1) is 11.9. The molecule has 1 aromatic rings. The van der Waals surface area contributed by atoms with E-state index >= 15 is 0 Å². The molecule has 0 radical (unpaired) electrons. The highest BCUT2D eigenvalue weighted by atomic mass is 16.2. The number of nitrogens with two attached hydrogens (primary N) is 1. The normalized spacial score (nSPS) is 16.6. The van der Waals surface area contributed by atoms with Gasteiger partial charge in [-0.2, -0.15) is 5.10 Å². The third-order valence-corrected chi connectivity index (χ3v) is 2.95. The lowest BCUT2D eigenvalue weighted by Crippen LogP contribution is -2.40. The smallest absolute Gasteiger partial charge is 0.244 e. The summed E-state index contributed by atoms with van der Waals surface area (Å²) in [5.41, 5.74) is 6.73. The third kappa shape index (κ3) is 2.55. The Hall–Kier alpha value is -1.62. The Morgan fingerprint density at radius 3 is 3.00 bits per heavy atom. The van der Waals surface area contributed by atoms with Crippen molar-refractivity contribution >= 4 is 5.91 Å². The van der Waals surface area contributed by atoms with Gasteiger partial charge in [0.2, 0.25) is 5.91 Å². The van der Waals surface area contributed by atoms with Crippen LogP contribution < -0.4 is 5.73 Å². The largest absolute Gasteiger partial charge is 0.334 e. The molecule has 1 saturated carbocycles. The molecule has 1 unspecified atom stereocenters. The minimum atomic E-state index is -0.621. The van der Waals surface area contributed by atoms with Crippen molar-refractivity contribution in [3.8, 4) is 0 Å². The number of nitrogens with zero attached hydrogens (tertiary/aromatic N) is 3. The van der Waals surface area contributed by atoms with Crippen LogP contribution in [0.15, 0.2) is 25.0 Å². The average molecular weight is 234 g/mol. The molecule has 0 spiro atoms. The molecule has 2 rings (SSSR count). The Morgan fingerprint density at radius 2 is 2.53 bits per heavy atom. The molecule has 5 heteroatoms. The van der Waals surface area contributed by atoms with Crippen LogP contribution in [0.25, 0.3) is 0 Å². The summed E-state index contributed by atoms with van der Waals surface area (Å²) < 4.78 is 1.65. The van der Waals surface area contributed by atoms with Crippen LogP contribution in [-0.2, 0) is 11.8 Å². The summed E-state index contributed by atoms with van der Waals surface area (Å²) in [5, 5.41) is 4.03. The summed E-state index contributed by atoms with van der Waals surface area (Å²) in [6.45, 7) is 4.25. The number of aryl methyl sites for hydroxylation is 1. The van der Waals surface area contributed by atoms with E-state index in [9.17, 15) is 4.79 Å². The van der Waals surface area contributed by atoms with Gasteiger partial charge >= 0.3 is 0 Å². The van der Waals surface area contributed by atoms with Crippen molar-refractivity contribution in [1.82, 2.24) is 14.7 Å². The highest BCUT2D eigenvalue weighted by Gasteiger charge is 2.34. The first-order valence-electron chi connectivity index (χ1n) is 5.79. The molecule has 2 N–H and O–H groups in total. The molecule has 1 aliphatic carbocycles. The van der Waals surface area contributed by atoms with Crippen LogP contribution in [0.5, 0.6) is 0 Å². The highest BCUT2D eigenvalue weighted by molar-refractivity contribution is 5.83. The van der Waals surface area contributed by atoms with Crippen LogP contribution >= 0.6 is 0 Å². The van der Waals surface area contributed by atoms with Crippen molar-refractivity contribution in [3.63, 3.8) is 0 Å². The summed E-state index contributed by atoms with van der Waals surface area (Å²) >= 11 is 0. The van der Waals surface area contributed by atoms with Gasteiger partial charge in [0.1, 0.15) is 6.04 Å². The molecule has 1 aliphatic rings. The SMILES string of the molecule is C=CCN(C(=O)C(N)c1cnn(C)c1)C1CC1. The van der Waals surface area contributed by atoms with Gasteiger partial charge in [-0.25, -0.2) is 0 Å². The molecular weight excluding hydrogens is 216 g/mol. The number of hydrogen-bond acceptors (Lipinski definition) is 3. The molecule has 17 heavy (non-hydrogen) atoms. The van der Waals surface area contributed by atoms with Gasteiger partial charge in [0, 0.05) is 31.4 Å². The average Bonchev–Trinajstić information content (AvgIpc) is 3.06. The van der Waals surface area contributed by atoms with Crippen molar-refractivity contribution in [2.24, 2.45) is 12.8 Å². The fourth-order valence-corrected chi connectivity index (χ4v) is 1.87. The molecule has 1 aromatic heterocycles. The predicted molar refractivity (Wildman–Crippen MR) is 65.1 cm³/mol. The van der Waals surface area contributed by atoms with Gasteiger partial charge in [0.05, 0.1) is 6.20 Å². The summed E-state index contributed by atoms with van der Waals surface area (Å²) in [5.74, 6) is -0.0413. The summed E-state index contributed by atoms with van der Waals surface area (Å²) in [6, 6.07) is -0.271. The van der Waals surface area contributed by atoms with Crippen molar-refractivity contribution in [1.29, 1.82) is 0 Å². The van der Waals surface area contributed by atoms with E-state index in [1.807, 2.05) is 11.9 Å². The molecule has 1 heterocycles. The molecule has 0 aromatic carbocycles. The van der Waals surface area contributed by atoms with Gasteiger partial charge in [-0.1, -0.05) is 6.08 Å². The van der Waals surface area contributed by atoms with E-state index in [1.165, 1.54) is 0 Å². The molecule has 92 valence electrons. The van der Waals surface area contributed by atoms with E-state index in [0.717, 1.165) is 18.4 Å². The van der Waals surface area contributed by atoms with E-state index in [0.29, 0.717) is 12.6 Å². The van der Waals surface area contributed by atoms with Crippen LogP contribution in [0.4, 0.5) is 0 Å². The molecule has 1 atom stereocenters. The van der Waals surface area contributed by atoms with Crippen LogP contribution in [0.2, 0.25) is 0 Å². The molecule has 5 nitrogen and oxygen atoms in total. The van der Waals surface area contributed by atoms with E-state index in [-0.39, 0.29) is 5.91 Å². The molecule has 1 amide bonds. The first-order valence-corrected chi connectivity index (χ1v) is 5.79. The zero-order valence-electron chi connectivity index (χ0n) is 10.0. The first-order chi connectivity index (χ1) is 8.13. The van der Waals surface area contributed by atoms with Gasteiger partial charge < -0.3 is 10.6 Å². The maximum Gasteiger partial charge on any atom is 0.244 e. The number of amides is 1. The zero-order valence-corrected chi connectivity index (χ0v) is 10.0. The minimum absolute atomic E-state index is 0.0413. The molecule has 1 fully saturated rings. The number of hydrogen-bond donors (Lipinski definition) is 1. The topological polar surface area (TPSA) is 64.2 Å². The molecule has 0 saturated heterocycles. The predicted octanol–water partition coefficient (Wildman–Crippen LogP) is 0.597. The van der Waals surface area contributed by atoms with Crippen LogP contribution in [0.3, 0.4) is 0 Å². The minimum Gasteiger partial charge on any atom is -0.334 e. The van der Waals surface area contributed by atoms with Crippen LogP contribution in [0.1, 0.15) is 24.4 Å². The number of carbonyl (C=O) groups excluding carboxylic acids is 1. The van der Waals surface area contributed by atoms with Crippen molar-refractivity contribution in [2.45, 2.75) is 24.9 Å². The van der Waals surface area contributed by atoms with E-state index in [2.05, 4.69) is 11.7 Å². The maximum atomic E-state index is 12.2. The highest BCUT2D eigenvalue weighted by Crippen LogP contribution is 2.28. The summed E-state index contributed by atoms with van der Waals surface area (Å²) in [7, 11) is 1.81. The number of aromatic nitrogens is 2. The second-order valence-corrected chi connectivity index (χ2v) is 4.44. The molecule has 0 bridgehead atoms. The Bertz CT molecular complexity index is 422. The van der Waals surface area contributed by atoms with Gasteiger partial charge in [0.15, 0.2) is 0 Å². The fourth-order valence-electron chi connectivity index (χ4n) is 1.87. The number of rotatable bonds is 5. The Balaban J connectivity index is 2.09. The summed E-state index contributed by atoms with van der Waals surface area (Å²) in [4.78, 5) is 14.1. The van der Waals surface area contributed by atoms with E-state index in [4.69, 9.17) is 5.73 Å². The van der Waals surface area contributed by atoms with Crippen molar-refractivity contribution in [2.75, 3.05) is 6.54 Å². The van der Waals surface area contributed by atoms with Crippen LogP contribution in [-0.4, -0.2) is 33.2 Å². The maximum absolute atomic E-state index is 12.2. The van der Waals surface area contributed by atoms with Gasteiger partial charge in [-0.05, 0) is 12.8 Å².